The number of aromatic nitrogens is 1. The van der Waals surface area contributed by atoms with E-state index in [1.54, 1.807) is 12.5 Å². The van der Waals surface area contributed by atoms with E-state index < -0.39 is 0 Å². The van der Waals surface area contributed by atoms with E-state index in [1.165, 1.54) is 5.56 Å². The number of hydrogen-bond acceptors (Lipinski definition) is 3. The van der Waals surface area contributed by atoms with Crippen molar-refractivity contribution in [2.75, 3.05) is 11.2 Å². The van der Waals surface area contributed by atoms with Crippen LogP contribution in [0.3, 0.4) is 0 Å². The van der Waals surface area contributed by atoms with Gasteiger partial charge in [-0.3, -0.25) is 0 Å². The molecule has 1 aromatic carbocycles. The average Bonchev–Trinajstić information content (AvgIpc) is 2.91. The van der Waals surface area contributed by atoms with Crippen LogP contribution in [0, 0.1) is 0 Å². The summed E-state index contributed by atoms with van der Waals surface area (Å²) in [4.78, 5) is 4.34. The number of benzene rings is 1. The van der Waals surface area contributed by atoms with Crippen LogP contribution in [-0.2, 0) is 6.42 Å². The maximum absolute atomic E-state index is 5.72. The molecular weight excluding hydrogens is 260 g/mol. The van der Waals surface area contributed by atoms with Gasteiger partial charge in [-0.15, -0.1) is 11.6 Å². The standard InChI is InChI=1S/C15H13ClN2O/c16-8-5-11-1-3-12(4-2-11)18-15-13-7-10-19-14(13)6-9-17-15/h1-4,6-7,9-10H,5,8H2,(H,17,18). The highest BCUT2D eigenvalue weighted by atomic mass is 35.5. The van der Waals surface area contributed by atoms with Crippen LogP contribution in [-0.4, -0.2) is 10.9 Å². The Morgan fingerprint density at radius 1 is 1.11 bits per heavy atom. The van der Waals surface area contributed by atoms with Crippen LogP contribution < -0.4 is 5.32 Å². The summed E-state index contributed by atoms with van der Waals surface area (Å²) in [5, 5.41) is 4.28. The lowest BCUT2D eigenvalue weighted by Crippen LogP contribution is -1.94. The van der Waals surface area contributed by atoms with Crippen LogP contribution in [0.1, 0.15) is 5.56 Å². The number of nitrogens with one attached hydrogen (secondary N) is 1. The Bertz CT molecular complexity index is 676. The minimum atomic E-state index is 0.642. The molecule has 0 fully saturated rings. The van der Waals surface area contributed by atoms with Crippen molar-refractivity contribution in [2.24, 2.45) is 0 Å². The maximum Gasteiger partial charge on any atom is 0.141 e. The smallest absolute Gasteiger partial charge is 0.141 e. The molecule has 0 aliphatic carbocycles. The van der Waals surface area contributed by atoms with Gasteiger partial charge in [0.15, 0.2) is 0 Å². The summed E-state index contributed by atoms with van der Waals surface area (Å²) in [6.07, 6.45) is 4.29. The summed E-state index contributed by atoms with van der Waals surface area (Å²) in [5.74, 6) is 1.44. The Balaban J connectivity index is 1.86. The minimum absolute atomic E-state index is 0.642. The third kappa shape index (κ3) is 2.56. The number of rotatable bonds is 4. The minimum Gasteiger partial charge on any atom is -0.464 e. The summed E-state index contributed by atoms with van der Waals surface area (Å²) < 4.78 is 5.35. The topological polar surface area (TPSA) is 38.1 Å². The fourth-order valence-electron chi connectivity index (χ4n) is 1.99. The van der Waals surface area contributed by atoms with Crippen LogP contribution in [0.2, 0.25) is 0 Å². The molecule has 3 aromatic rings. The van der Waals surface area contributed by atoms with Crippen molar-refractivity contribution in [3.8, 4) is 0 Å². The second kappa shape index (κ2) is 5.33. The highest BCUT2D eigenvalue weighted by Crippen LogP contribution is 2.25. The molecule has 3 rings (SSSR count). The molecule has 2 aromatic heterocycles. The lowest BCUT2D eigenvalue weighted by Gasteiger charge is -2.07. The van der Waals surface area contributed by atoms with Crippen LogP contribution in [0.15, 0.2) is 53.3 Å². The SMILES string of the molecule is ClCCc1ccc(Nc2nccc3occc23)cc1. The van der Waals surface area contributed by atoms with Gasteiger partial charge in [0.25, 0.3) is 0 Å². The molecule has 0 saturated heterocycles. The number of nitrogens with zero attached hydrogens (tertiary/aromatic N) is 1. The zero-order valence-electron chi connectivity index (χ0n) is 10.3. The van der Waals surface area contributed by atoms with Crippen molar-refractivity contribution in [3.05, 3.63) is 54.4 Å². The highest BCUT2D eigenvalue weighted by molar-refractivity contribution is 6.17. The third-order valence-corrected chi connectivity index (χ3v) is 3.17. The van der Waals surface area contributed by atoms with Gasteiger partial charge in [0.05, 0.1) is 11.6 Å². The molecule has 0 aliphatic rings. The predicted molar refractivity (Wildman–Crippen MR) is 78.2 cm³/mol. The molecule has 4 heteroatoms. The molecule has 2 heterocycles. The largest absolute Gasteiger partial charge is 0.464 e. The van der Waals surface area contributed by atoms with Crippen molar-refractivity contribution in [1.82, 2.24) is 4.98 Å². The van der Waals surface area contributed by atoms with Crippen LogP contribution >= 0.6 is 11.6 Å². The molecule has 0 bridgehead atoms. The Morgan fingerprint density at radius 2 is 1.95 bits per heavy atom. The van der Waals surface area contributed by atoms with Gasteiger partial charge in [-0.25, -0.2) is 4.98 Å². The number of hydrogen-bond donors (Lipinski definition) is 1. The Hall–Kier alpha value is -2.00. The van der Waals surface area contributed by atoms with E-state index in [4.69, 9.17) is 16.0 Å². The predicted octanol–water partition coefficient (Wildman–Crippen LogP) is 4.35. The Labute approximate surface area is 116 Å². The highest BCUT2D eigenvalue weighted by Gasteiger charge is 2.04. The zero-order valence-corrected chi connectivity index (χ0v) is 11.0. The molecule has 0 aliphatic heterocycles. The molecule has 0 unspecified atom stereocenters. The van der Waals surface area contributed by atoms with Crippen molar-refractivity contribution < 1.29 is 4.42 Å². The number of halogens is 1. The van der Waals surface area contributed by atoms with Gasteiger partial charge in [0.2, 0.25) is 0 Å². The number of aryl methyl sites for hydroxylation is 1. The molecule has 0 saturated carbocycles. The van der Waals surface area contributed by atoms with E-state index in [0.717, 1.165) is 28.9 Å². The van der Waals surface area contributed by atoms with E-state index in [9.17, 15) is 0 Å². The quantitative estimate of drug-likeness (QED) is 0.718. The van der Waals surface area contributed by atoms with Gasteiger partial charge in [0.1, 0.15) is 11.4 Å². The molecule has 0 atom stereocenters. The molecule has 0 amide bonds. The molecule has 96 valence electrons. The monoisotopic (exact) mass is 272 g/mol. The van der Waals surface area contributed by atoms with Crippen molar-refractivity contribution >= 4 is 34.1 Å². The van der Waals surface area contributed by atoms with E-state index in [2.05, 4.69) is 22.4 Å². The fraction of sp³-hybridized carbons (Fsp3) is 0.133. The van der Waals surface area contributed by atoms with Gasteiger partial charge in [-0.05, 0) is 36.2 Å². The lowest BCUT2D eigenvalue weighted by molar-refractivity contribution is 0.615. The van der Waals surface area contributed by atoms with Gasteiger partial charge >= 0.3 is 0 Å². The Morgan fingerprint density at radius 3 is 2.74 bits per heavy atom. The Kier molecular flexibility index (Phi) is 3.38. The molecular formula is C15H13ClN2O. The van der Waals surface area contributed by atoms with Crippen LogP contribution in [0.4, 0.5) is 11.5 Å². The normalized spacial score (nSPS) is 10.8. The van der Waals surface area contributed by atoms with E-state index in [1.807, 2.05) is 24.3 Å². The molecule has 0 radical (unpaired) electrons. The maximum atomic E-state index is 5.72. The zero-order chi connectivity index (χ0) is 13.1. The summed E-state index contributed by atoms with van der Waals surface area (Å²) >= 11 is 5.72. The number of alkyl halides is 1. The summed E-state index contributed by atoms with van der Waals surface area (Å²) in [6.45, 7) is 0. The second-order valence-electron chi connectivity index (χ2n) is 4.25. The first kappa shape index (κ1) is 12.1. The van der Waals surface area contributed by atoms with Crippen molar-refractivity contribution in [2.45, 2.75) is 6.42 Å². The van der Waals surface area contributed by atoms with Crippen molar-refractivity contribution in [3.63, 3.8) is 0 Å². The summed E-state index contributed by atoms with van der Waals surface area (Å²) in [6, 6.07) is 12.0. The average molecular weight is 273 g/mol. The molecule has 19 heavy (non-hydrogen) atoms. The van der Waals surface area contributed by atoms with E-state index in [-0.39, 0.29) is 0 Å². The first-order valence-electron chi connectivity index (χ1n) is 6.11. The van der Waals surface area contributed by atoms with Gasteiger partial charge < -0.3 is 9.73 Å². The van der Waals surface area contributed by atoms with Crippen LogP contribution in [0.25, 0.3) is 11.0 Å². The van der Waals surface area contributed by atoms with Crippen molar-refractivity contribution in [1.29, 1.82) is 0 Å². The first-order valence-corrected chi connectivity index (χ1v) is 6.64. The number of furan rings is 1. The fourth-order valence-corrected chi connectivity index (χ4v) is 2.21. The number of fused-ring (bicyclic) bond motifs is 1. The number of anilines is 2. The molecule has 0 spiro atoms. The van der Waals surface area contributed by atoms with E-state index >= 15 is 0 Å². The third-order valence-electron chi connectivity index (χ3n) is 2.98. The number of pyridine rings is 1. The van der Waals surface area contributed by atoms with E-state index in [0.29, 0.717) is 5.88 Å². The van der Waals surface area contributed by atoms with Gasteiger partial charge in [0, 0.05) is 17.8 Å². The first-order chi connectivity index (χ1) is 9.36. The summed E-state index contributed by atoms with van der Waals surface area (Å²) in [5.41, 5.74) is 3.06. The van der Waals surface area contributed by atoms with Gasteiger partial charge in [-0.1, -0.05) is 12.1 Å². The molecule has 1 N–H and O–H groups in total. The second-order valence-corrected chi connectivity index (χ2v) is 4.63. The van der Waals surface area contributed by atoms with Crippen LogP contribution in [0.5, 0.6) is 0 Å². The summed E-state index contributed by atoms with van der Waals surface area (Å²) in [7, 11) is 0. The molecule has 3 nitrogen and oxygen atoms in total. The lowest BCUT2D eigenvalue weighted by atomic mass is 10.1. The van der Waals surface area contributed by atoms with Gasteiger partial charge in [-0.2, -0.15) is 0 Å².